The minimum Gasteiger partial charge on any atom is -0.187 e. The number of hydrogen-bond acceptors (Lipinski definition) is 4. The van der Waals surface area contributed by atoms with Crippen LogP contribution in [0.3, 0.4) is 0 Å². The minimum atomic E-state index is -4.32. The molecule has 0 unspecified atom stereocenters. The average Bonchev–Trinajstić information content (AvgIpc) is 3.02. The number of tetrazole rings is 1. The van der Waals surface area contributed by atoms with Crippen molar-refractivity contribution in [1.29, 1.82) is 0 Å². The highest BCUT2D eigenvalue weighted by Crippen LogP contribution is 2.30. The van der Waals surface area contributed by atoms with Gasteiger partial charge in [-0.15, -0.1) is 5.10 Å². The third-order valence-electron chi connectivity index (χ3n) is 3.16. The van der Waals surface area contributed by atoms with E-state index in [9.17, 15) is 13.2 Å². The van der Waals surface area contributed by atoms with Crippen LogP contribution in [0.25, 0.3) is 5.69 Å². The molecule has 2 aromatic carbocycles. The molecule has 4 nitrogen and oxygen atoms in total. The van der Waals surface area contributed by atoms with Crippen LogP contribution in [0, 0.1) is 0 Å². The van der Waals surface area contributed by atoms with E-state index in [0.717, 1.165) is 27.9 Å². The molecule has 0 aliphatic rings. The molecule has 1 heterocycles. The molecule has 0 saturated heterocycles. The Morgan fingerprint density at radius 1 is 1.00 bits per heavy atom. The Hall–Kier alpha value is -1.87. The highest BCUT2D eigenvalue weighted by Gasteiger charge is 2.29. The zero-order chi connectivity index (χ0) is 17.2. The van der Waals surface area contributed by atoms with Gasteiger partial charge in [-0.1, -0.05) is 39.8 Å². The van der Waals surface area contributed by atoms with E-state index in [-0.39, 0.29) is 0 Å². The molecule has 1 aromatic heterocycles. The van der Waals surface area contributed by atoms with Crippen molar-refractivity contribution >= 4 is 27.7 Å². The topological polar surface area (TPSA) is 43.6 Å². The van der Waals surface area contributed by atoms with E-state index in [1.54, 1.807) is 4.68 Å². The zero-order valence-corrected chi connectivity index (χ0v) is 14.4. The maximum absolute atomic E-state index is 12.6. The van der Waals surface area contributed by atoms with Gasteiger partial charge in [-0.25, -0.2) is 0 Å². The third-order valence-corrected chi connectivity index (χ3v) is 4.68. The summed E-state index contributed by atoms with van der Waals surface area (Å²) in [5.41, 5.74) is 0.910. The van der Waals surface area contributed by atoms with Crippen LogP contribution in [0.5, 0.6) is 0 Å². The normalized spacial score (nSPS) is 11.7. The zero-order valence-electron chi connectivity index (χ0n) is 12.0. The molecular weight excluding hydrogens is 405 g/mol. The van der Waals surface area contributed by atoms with Gasteiger partial charge in [0.2, 0.25) is 5.16 Å². The van der Waals surface area contributed by atoms with Crippen molar-refractivity contribution < 1.29 is 13.2 Å². The van der Waals surface area contributed by atoms with Crippen LogP contribution in [0.15, 0.2) is 58.2 Å². The number of thioether (sulfide) groups is 1. The Bertz CT molecular complexity index is 816. The minimum absolute atomic E-state index is 0.467. The van der Waals surface area contributed by atoms with Crippen LogP contribution in [0.4, 0.5) is 13.2 Å². The first-order valence-electron chi connectivity index (χ1n) is 6.77. The summed E-state index contributed by atoms with van der Waals surface area (Å²) in [5.74, 6) is 0.467. The molecule has 0 saturated carbocycles. The second-order valence-electron chi connectivity index (χ2n) is 4.83. The summed E-state index contributed by atoms with van der Waals surface area (Å²) < 4.78 is 40.2. The van der Waals surface area contributed by atoms with E-state index >= 15 is 0 Å². The first-order valence-corrected chi connectivity index (χ1v) is 8.54. The molecule has 24 heavy (non-hydrogen) atoms. The fourth-order valence-electron chi connectivity index (χ4n) is 1.95. The molecule has 124 valence electrons. The fraction of sp³-hybridized carbons (Fsp3) is 0.133. The predicted octanol–water partition coefficient (Wildman–Crippen LogP) is 4.74. The lowest BCUT2D eigenvalue weighted by Crippen LogP contribution is -2.04. The Kier molecular flexibility index (Phi) is 4.91. The van der Waals surface area contributed by atoms with Crippen LogP contribution >= 0.6 is 27.7 Å². The van der Waals surface area contributed by atoms with Crippen LogP contribution < -0.4 is 0 Å². The molecule has 0 amide bonds. The second-order valence-corrected chi connectivity index (χ2v) is 6.69. The van der Waals surface area contributed by atoms with Crippen molar-refractivity contribution in [2.75, 3.05) is 0 Å². The molecule has 0 spiro atoms. The van der Waals surface area contributed by atoms with E-state index < -0.39 is 11.7 Å². The van der Waals surface area contributed by atoms with Gasteiger partial charge in [0.15, 0.2) is 0 Å². The number of alkyl halides is 3. The van der Waals surface area contributed by atoms with Crippen LogP contribution in [-0.4, -0.2) is 20.2 Å². The van der Waals surface area contributed by atoms with Gasteiger partial charge in [0, 0.05) is 10.2 Å². The van der Waals surface area contributed by atoms with E-state index in [1.807, 2.05) is 24.3 Å². The maximum Gasteiger partial charge on any atom is 0.416 e. The van der Waals surface area contributed by atoms with Crippen molar-refractivity contribution in [1.82, 2.24) is 20.2 Å². The van der Waals surface area contributed by atoms with Gasteiger partial charge >= 0.3 is 6.18 Å². The van der Waals surface area contributed by atoms with E-state index in [1.165, 1.54) is 23.9 Å². The van der Waals surface area contributed by atoms with Gasteiger partial charge in [-0.05, 0) is 52.4 Å². The predicted molar refractivity (Wildman–Crippen MR) is 87.9 cm³/mol. The molecule has 0 aliphatic heterocycles. The molecule has 3 aromatic rings. The summed E-state index contributed by atoms with van der Waals surface area (Å²) in [6.45, 7) is 0. The fourth-order valence-corrected chi connectivity index (χ4v) is 3.06. The van der Waals surface area contributed by atoms with E-state index in [4.69, 9.17) is 0 Å². The van der Waals surface area contributed by atoms with Crippen molar-refractivity contribution in [3.05, 3.63) is 64.1 Å². The van der Waals surface area contributed by atoms with Gasteiger partial charge in [0.05, 0.1) is 11.3 Å². The first-order chi connectivity index (χ1) is 11.4. The number of benzene rings is 2. The molecule has 0 N–H and O–H groups in total. The number of aromatic nitrogens is 4. The number of nitrogens with zero attached hydrogens (tertiary/aromatic N) is 4. The number of hydrogen-bond donors (Lipinski definition) is 0. The lowest BCUT2D eigenvalue weighted by Gasteiger charge is -2.07. The molecule has 3 rings (SSSR count). The Labute approximate surface area is 148 Å². The maximum atomic E-state index is 12.6. The molecule has 0 radical (unpaired) electrons. The summed E-state index contributed by atoms with van der Waals surface area (Å²) >= 11 is 4.72. The Balaban J connectivity index is 1.72. The van der Waals surface area contributed by atoms with Gasteiger partial charge in [-0.3, -0.25) is 0 Å². The molecule has 0 bridgehead atoms. The van der Waals surface area contributed by atoms with Gasteiger partial charge in [0.1, 0.15) is 0 Å². The van der Waals surface area contributed by atoms with Gasteiger partial charge < -0.3 is 0 Å². The van der Waals surface area contributed by atoms with Crippen LogP contribution in [-0.2, 0) is 11.9 Å². The van der Waals surface area contributed by atoms with Gasteiger partial charge in [0.25, 0.3) is 0 Å². The smallest absolute Gasteiger partial charge is 0.187 e. The van der Waals surface area contributed by atoms with E-state index in [0.29, 0.717) is 10.9 Å². The van der Waals surface area contributed by atoms with Crippen molar-refractivity contribution in [3.63, 3.8) is 0 Å². The highest BCUT2D eigenvalue weighted by molar-refractivity contribution is 9.10. The summed E-state index contributed by atoms with van der Waals surface area (Å²) in [5, 5.41) is 12.1. The molecular formula is C15H10BrF3N4S. The summed E-state index contributed by atoms with van der Waals surface area (Å²) in [7, 11) is 0. The summed E-state index contributed by atoms with van der Waals surface area (Å²) in [6.07, 6.45) is -4.32. The molecule has 0 aliphatic carbocycles. The van der Waals surface area contributed by atoms with Crippen molar-refractivity contribution in [2.24, 2.45) is 0 Å². The Morgan fingerprint density at radius 3 is 2.29 bits per heavy atom. The lowest BCUT2D eigenvalue weighted by molar-refractivity contribution is -0.137. The largest absolute Gasteiger partial charge is 0.416 e. The number of rotatable bonds is 4. The second kappa shape index (κ2) is 6.94. The van der Waals surface area contributed by atoms with Crippen molar-refractivity contribution in [2.45, 2.75) is 17.1 Å². The average molecular weight is 415 g/mol. The lowest BCUT2D eigenvalue weighted by atomic mass is 10.1. The van der Waals surface area contributed by atoms with Crippen LogP contribution in [0.2, 0.25) is 0 Å². The molecule has 9 heteroatoms. The first kappa shape index (κ1) is 17.0. The molecule has 0 atom stereocenters. The monoisotopic (exact) mass is 414 g/mol. The van der Waals surface area contributed by atoms with Crippen LogP contribution in [0.1, 0.15) is 11.1 Å². The molecule has 0 fully saturated rings. The van der Waals surface area contributed by atoms with E-state index in [2.05, 4.69) is 31.5 Å². The van der Waals surface area contributed by atoms with Crippen molar-refractivity contribution in [3.8, 4) is 5.69 Å². The third kappa shape index (κ3) is 3.96. The Morgan fingerprint density at radius 2 is 1.67 bits per heavy atom. The summed E-state index contributed by atoms with van der Waals surface area (Å²) in [6, 6.07) is 12.6. The summed E-state index contributed by atoms with van der Waals surface area (Å²) in [4.78, 5) is 0. The standard InChI is InChI=1S/C15H10BrF3N4S/c16-12-5-7-13(8-6-12)23-14(20-21-22-23)24-9-10-1-3-11(4-2-10)15(17,18)19/h1-8H,9H2. The SMILES string of the molecule is FC(F)(F)c1ccc(CSc2nnnn2-c2ccc(Br)cc2)cc1. The number of halogens is 4. The highest BCUT2D eigenvalue weighted by atomic mass is 79.9. The van der Waals surface area contributed by atoms with Gasteiger partial charge in [-0.2, -0.15) is 17.9 Å². The quantitative estimate of drug-likeness (QED) is 0.578.